The van der Waals surface area contributed by atoms with E-state index >= 15 is 0 Å². The summed E-state index contributed by atoms with van der Waals surface area (Å²) in [7, 11) is 1.53. The van der Waals surface area contributed by atoms with Gasteiger partial charge in [0.1, 0.15) is 11.8 Å². The predicted molar refractivity (Wildman–Crippen MR) is 53.6 cm³/mol. The second kappa shape index (κ2) is 3.15. The van der Waals surface area contributed by atoms with E-state index in [2.05, 4.69) is 5.32 Å². The van der Waals surface area contributed by atoms with E-state index in [1.807, 2.05) is 0 Å². The van der Waals surface area contributed by atoms with Crippen LogP contribution in [0.5, 0.6) is 5.75 Å². The SMILES string of the molecule is COc1ccc(Cl)c2c1NC(=O)C2N. The number of nitrogens with one attached hydrogen (secondary N) is 1. The summed E-state index contributed by atoms with van der Waals surface area (Å²) in [5.74, 6) is 0.317. The third-order valence-electron chi connectivity index (χ3n) is 2.22. The number of nitrogens with two attached hydrogens (primary N) is 1. The largest absolute Gasteiger partial charge is 0.495 e. The van der Waals surface area contributed by atoms with E-state index in [1.165, 1.54) is 7.11 Å². The summed E-state index contributed by atoms with van der Waals surface area (Å²) < 4.78 is 5.08. The number of rotatable bonds is 1. The van der Waals surface area contributed by atoms with Crippen LogP contribution in [0.2, 0.25) is 5.02 Å². The lowest BCUT2D eigenvalue weighted by Gasteiger charge is -2.08. The fraction of sp³-hybridized carbons (Fsp3) is 0.222. The molecular weight excluding hydrogens is 204 g/mol. The molecule has 1 unspecified atom stereocenters. The van der Waals surface area contributed by atoms with Gasteiger partial charge >= 0.3 is 0 Å². The first kappa shape index (κ1) is 9.30. The maximum absolute atomic E-state index is 11.3. The Morgan fingerprint density at radius 3 is 2.93 bits per heavy atom. The number of ether oxygens (including phenoxy) is 1. The van der Waals surface area contributed by atoms with Crippen molar-refractivity contribution in [2.24, 2.45) is 5.73 Å². The third-order valence-corrected chi connectivity index (χ3v) is 2.55. The monoisotopic (exact) mass is 212 g/mol. The van der Waals surface area contributed by atoms with Crippen LogP contribution < -0.4 is 15.8 Å². The number of hydrogen-bond donors (Lipinski definition) is 2. The van der Waals surface area contributed by atoms with Crippen LogP contribution in [-0.4, -0.2) is 13.0 Å². The molecule has 0 saturated heterocycles. The number of methoxy groups -OCH3 is 1. The first-order valence-electron chi connectivity index (χ1n) is 4.08. The molecule has 3 N–H and O–H groups in total. The number of carbonyl (C=O) groups is 1. The van der Waals surface area contributed by atoms with Crippen LogP contribution in [-0.2, 0) is 4.79 Å². The van der Waals surface area contributed by atoms with Crippen molar-refractivity contribution in [2.45, 2.75) is 6.04 Å². The smallest absolute Gasteiger partial charge is 0.246 e. The average molecular weight is 213 g/mol. The van der Waals surface area contributed by atoms with Crippen LogP contribution >= 0.6 is 11.6 Å². The minimum Gasteiger partial charge on any atom is -0.495 e. The van der Waals surface area contributed by atoms with Gasteiger partial charge in [-0.15, -0.1) is 0 Å². The molecule has 1 heterocycles. The summed E-state index contributed by atoms with van der Waals surface area (Å²) in [5, 5.41) is 3.11. The third kappa shape index (κ3) is 1.15. The summed E-state index contributed by atoms with van der Waals surface area (Å²) >= 11 is 5.93. The molecule has 0 aromatic heterocycles. The van der Waals surface area contributed by atoms with Gasteiger partial charge in [0.15, 0.2) is 0 Å². The van der Waals surface area contributed by atoms with Crippen molar-refractivity contribution in [3.63, 3.8) is 0 Å². The van der Waals surface area contributed by atoms with Crippen LogP contribution in [0, 0.1) is 0 Å². The second-order valence-electron chi connectivity index (χ2n) is 3.01. The normalized spacial score (nSPS) is 19.1. The molecule has 1 atom stereocenters. The summed E-state index contributed by atoms with van der Waals surface area (Å²) in [6, 6.07) is 2.66. The molecule has 0 saturated carbocycles. The fourth-order valence-electron chi connectivity index (χ4n) is 1.51. The fourth-order valence-corrected chi connectivity index (χ4v) is 1.78. The lowest BCUT2D eigenvalue weighted by Crippen LogP contribution is -2.19. The molecule has 14 heavy (non-hydrogen) atoms. The van der Waals surface area contributed by atoms with E-state index in [0.29, 0.717) is 22.0 Å². The van der Waals surface area contributed by atoms with E-state index < -0.39 is 6.04 Å². The summed E-state index contributed by atoms with van der Waals surface area (Å²) in [6.45, 7) is 0. The Morgan fingerprint density at radius 1 is 1.57 bits per heavy atom. The van der Waals surface area contributed by atoms with Gasteiger partial charge in [-0.1, -0.05) is 11.6 Å². The average Bonchev–Trinajstić information content (AvgIpc) is 2.45. The number of halogens is 1. The van der Waals surface area contributed by atoms with Crippen molar-refractivity contribution < 1.29 is 9.53 Å². The standard InChI is InChI=1S/C9H9ClN2O2/c1-14-5-3-2-4(10)6-7(11)9(13)12-8(5)6/h2-3,7H,11H2,1H3,(H,12,13). The molecule has 1 aromatic rings. The zero-order chi connectivity index (χ0) is 10.3. The van der Waals surface area contributed by atoms with E-state index in [1.54, 1.807) is 12.1 Å². The van der Waals surface area contributed by atoms with Crippen molar-refractivity contribution in [3.05, 3.63) is 22.7 Å². The van der Waals surface area contributed by atoms with Gasteiger partial charge in [-0.3, -0.25) is 4.79 Å². The molecule has 0 radical (unpaired) electrons. The van der Waals surface area contributed by atoms with Crippen LogP contribution in [0.25, 0.3) is 0 Å². The van der Waals surface area contributed by atoms with Crippen molar-refractivity contribution in [3.8, 4) is 5.75 Å². The highest BCUT2D eigenvalue weighted by Crippen LogP contribution is 2.41. The Hall–Kier alpha value is -1.26. The maximum Gasteiger partial charge on any atom is 0.246 e. The lowest BCUT2D eigenvalue weighted by molar-refractivity contribution is -0.116. The number of hydrogen-bond acceptors (Lipinski definition) is 3. The molecule has 5 heteroatoms. The van der Waals surface area contributed by atoms with Crippen LogP contribution in [0.3, 0.4) is 0 Å². The van der Waals surface area contributed by atoms with Crippen LogP contribution in [0.4, 0.5) is 5.69 Å². The number of amides is 1. The molecule has 1 aromatic carbocycles. The molecule has 0 bridgehead atoms. The van der Waals surface area contributed by atoms with E-state index in [9.17, 15) is 4.79 Å². The molecule has 2 rings (SSSR count). The van der Waals surface area contributed by atoms with E-state index in [4.69, 9.17) is 22.1 Å². The molecular formula is C9H9ClN2O2. The van der Waals surface area contributed by atoms with Gasteiger partial charge in [0.05, 0.1) is 12.8 Å². The number of fused-ring (bicyclic) bond motifs is 1. The lowest BCUT2D eigenvalue weighted by atomic mass is 10.1. The molecule has 0 spiro atoms. The zero-order valence-corrected chi connectivity index (χ0v) is 8.26. The highest BCUT2D eigenvalue weighted by atomic mass is 35.5. The zero-order valence-electron chi connectivity index (χ0n) is 7.50. The topological polar surface area (TPSA) is 64.3 Å². The molecule has 1 aliphatic rings. The molecule has 4 nitrogen and oxygen atoms in total. The molecule has 74 valence electrons. The Labute approximate surface area is 86.0 Å². The molecule has 1 aliphatic heterocycles. The minimum absolute atomic E-state index is 0.258. The minimum atomic E-state index is -0.701. The van der Waals surface area contributed by atoms with Crippen LogP contribution in [0.15, 0.2) is 12.1 Å². The van der Waals surface area contributed by atoms with Crippen molar-refractivity contribution in [1.29, 1.82) is 0 Å². The Balaban J connectivity index is 2.64. The van der Waals surface area contributed by atoms with E-state index in [-0.39, 0.29) is 5.91 Å². The van der Waals surface area contributed by atoms with Gasteiger partial charge in [0, 0.05) is 10.6 Å². The second-order valence-corrected chi connectivity index (χ2v) is 3.41. The Kier molecular flexibility index (Phi) is 2.09. The molecule has 0 aliphatic carbocycles. The van der Waals surface area contributed by atoms with Gasteiger partial charge in [-0.25, -0.2) is 0 Å². The maximum atomic E-state index is 11.3. The van der Waals surface area contributed by atoms with Gasteiger partial charge < -0.3 is 15.8 Å². The Bertz CT molecular complexity index is 406. The van der Waals surface area contributed by atoms with Crippen molar-refractivity contribution in [1.82, 2.24) is 0 Å². The van der Waals surface area contributed by atoms with Gasteiger partial charge in [0.2, 0.25) is 5.91 Å². The number of carbonyl (C=O) groups excluding carboxylic acids is 1. The summed E-state index contributed by atoms with van der Waals surface area (Å²) in [5.41, 5.74) is 6.85. The van der Waals surface area contributed by atoms with Gasteiger partial charge in [-0.2, -0.15) is 0 Å². The highest BCUT2D eigenvalue weighted by Gasteiger charge is 2.31. The van der Waals surface area contributed by atoms with Gasteiger partial charge in [0.25, 0.3) is 0 Å². The molecule has 0 fully saturated rings. The quantitative estimate of drug-likeness (QED) is 0.738. The Morgan fingerprint density at radius 2 is 2.29 bits per heavy atom. The highest BCUT2D eigenvalue weighted by molar-refractivity contribution is 6.33. The van der Waals surface area contributed by atoms with Crippen LogP contribution in [0.1, 0.15) is 11.6 Å². The summed E-state index contributed by atoms with van der Waals surface area (Å²) in [6.07, 6.45) is 0. The number of anilines is 1. The molecule has 1 amide bonds. The van der Waals surface area contributed by atoms with Gasteiger partial charge in [-0.05, 0) is 12.1 Å². The van der Waals surface area contributed by atoms with Crippen molar-refractivity contribution in [2.75, 3.05) is 12.4 Å². The predicted octanol–water partition coefficient (Wildman–Crippen LogP) is 1.30. The first-order chi connectivity index (χ1) is 6.65. The van der Waals surface area contributed by atoms with E-state index in [0.717, 1.165) is 0 Å². The first-order valence-corrected chi connectivity index (χ1v) is 4.45. The summed E-state index contributed by atoms with van der Waals surface area (Å²) in [4.78, 5) is 11.3. The van der Waals surface area contributed by atoms with Crippen molar-refractivity contribution >= 4 is 23.2 Å². The number of benzene rings is 1.